The van der Waals surface area contributed by atoms with E-state index in [1.165, 1.54) is 19.3 Å². The lowest BCUT2D eigenvalue weighted by molar-refractivity contribution is -0.123. The van der Waals surface area contributed by atoms with E-state index in [0.717, 1.165) is 34.9 Å². The van der Waals surface area contributed by atoms with Crippen LogP contribution in [0.25, 0.3) is 0 Å². The zero-order valence-corrected chi connectivity index (χ0v) is 22.5. The summed E-state index contributed by atoms with van der Waals surface area (Å²) < 4.78 is 9.15. The lowest BCUT2D eigenvalue weighted by atomic mass is 9.90. The zero-order chi connectivity index (χ0) is 21.3. The lowest BCUT2D eigenvalue weighted by Crippen LogP contribution is -2.22. The summed E-state index contributed by atoms with van der Waals surface area (Å²) in [7, 11) is 0. The highest BCUT2D eigenvalue weighted by molar-refractivity contribution is 14.1. The van der Waals surface area contributed by atoms with Gasteiger partial charge in [0.05, 0.1) is 13.4 Å². The quantitative estimate of drug-likeness (QED) is 0.213. The van der Waals surface area contributed by atoms with Crippen molar-refractivity contribution in [2.24, 2.45) is 22.4 Å². The molecule has 2 aliphatic carbocycles. The maximum Gasteiger partial charge on any atom is 0.244 e. The van der Waals surface area contributed by atoms with Crippen LogP contribution in [0.3, 0.4) is 0 Å². The number of nitrogens with zero attached hydrogens (tertiary/aromatic N) is 1. The van der Waals surface area contributed by atoms with Crippen molar-refractivity contribution in [3.05, 3.63) is 59.1 Å². The predicted molar refractivity (Wildman–Crippen MR) is 140 cm³/mol. The lowest BCUT2D eigenvalue weighted by Gasteiger charge is -2.15. The van der Waals surface area contributed by atoms with Gasteiger partial charge in [-0.05, 0) is 105 Å². The largest absolute Gasteiger partial charge is 0.487 e. The maximum absolute atomic E-state index is 12.5. The van der Waals surface area contributed by atoms with E-state index in [1.807, 2.05) is 36.4 Å². The third kappa shape index (κ3) is 4.87. The monoisotopic (exact) mass is 692 g/mol. The smallest absolute Gasteiger partial charge is 0.244 e. The summed E-state index contributed by atoms with van der Waals surface area (Å²) in [5.41, 5.74) is 5.04. The van der Waals surface area contributed by atoms with Crippen LogP contribution in [0.15, 0.2) is 46.0 Å². The van der Waals surface area contributed by atoms with Crippen LogP contribution in [0.4, 0.5) is 0 Å². The van der Waals surface area contributed by atoms with Gasteiger partial charge in [0.15, 0.2) is 0 Å². The number of hydrazone groups is 1. The molecule has 0 saturated heterocycles. The number of carbonyl (C=O) groups is 1. The van der Waals surface area contributed by atoms with Gasteiger partial charge in [0.2, 0.25) is 5.91 Å². The average Bonchev–Trinajstić information content (AvgIpc) is 3.34. The van der Waals surface area contributed by atoms with Crippen molar-refractivity contribution < 1.29 is 9.53 Å². The maximum atomic E-state index is 12.5. The van der Waals surface area contributed by atoms with Gasteiger partial charge in [-0.1, -0.05) is 47.8 Å². The number of halogens is 3. The Bertz CT molecular complexity index is 957. The molecule has 0 spiro atoms. The van der Waals surface area contributed by atoms with Crippen LogP contribution >= 0.6 is 61.1 Å². The van der Waals surface area contributed by atoms with E-state index in [0.29, 0.717) is 12.5 Å². The first kappa shape index (κ1) is 22.5. The Morgan fingerprint density at radius 1 is 1.27 bits per heavy atom. The molecule has 0 unspecified atom stereocenters. The van der Waals surface area contributed by atoms with Crippen molar-refractivity contribution in [1.29, 1.82) is 0 Å². The van der Waals surface area contributed by atoms with E-state index in [4.69, 9.17) is 4.74 Å². The van der Waals surface area contributed by atoms with Crippen molar-refractivity contribution >= 4 is 73.2 Å². The molecule has 2 saturated carbocycles. The molecule has 0 radical (unpaired) electrons. The minimum atomic E-state index is 0.0690. The Hall–Kier alpha value is -0.680. The van der Waals surface area contributed by atoms with Gasteiger partial charge in [-0.2, -0.15) is 5.10 Å². The Morgan fingerprint density at radius 3 is 2.60 bits per heavy atom. The minimum Gasteiger partial charge on any atom is -0.487 e. The van der Waals surface area contributed by atoms with Gasteiger partial charge < -0.3 is 4.74 Å². The van der Waals surface area contributed by atoms with E-state index in [-0.39, 0.29) is 17.2 Å². The predicted octanol–water partition coefficient (Wildman–Crippen LogP) is 6.51. The van der Waals surface area contributed by atoms with Crippen molar-refractivity contribution in [2.45, 2.75) is 39.2 Å². The first-order valence-corrected chi connectivity index (χ1v) is 13.0. The number of benzene rings is 2. The van der Waals surface area contributed by atoms with Gasteiger partial charge in [0.25, 0.3) is 0 Å². The number of fused-ring (bicyclic) bond motifs is 1. The fourth-order valence-corrected chi connectivity index (χ4v) is 7.01. The minimum absolute atomic E-state index is 0.0690. The van der Waals surface area contributed by atoms with Gasteiger partial charge in [-0.15, -0.1) is 0 Å². The van der Waals surface area contributed by atoms with Gasteiger partial charge >= 0.3 is 0 Å². The molecule has 2 aromatic rings. The first-order chi connectivity index (χ1) is 14.4. The highest BCUT2D eigenvalue weighted by Crippen LogP contribution is 2.66. The molecule has 0 heterocycles. The van der Waals surface area contributed by atoms with Crippen LogP contribution in [-0.2, 0) is 11.4 Å². The fraction of sp³-hybridized carbons (Fsp3) is 0.391. The number of carbonyl (C=O) groups excluding carboxylic acids is 1. The van der Waals surface area contributed by atoms with Crippen LogP contribution in [0, 0.1) is 24.4 Å². The van der Waals surface area contributed by atoms with Gasteiger partial charge in [0.1, 0.15) is 12.4 Å². The summed E-state index contributed by atoms with van der Waals surface area (Å²) in [6.07, 6.45) is 6.55. The Morgan fingerprint density at radius 2 is 1.97 bits per heavy atom. The van der Waals surface area contributed by atoms with Crippen LogP contribution in [0.5, 0.6) is 5.75 Å². The zero-order valence-electron chi connectivity index (χ0n) is 16.6. The molecule has 2 aromatic carbocycles. The van der Waals surface area contributed by atoms with E-state index < -0.39 is 0 Å². The highest BCUT2D eigenvalue weighted by atomic mass is 127. The van der Waals surface area contributed by atoms with Gasteiger partial charge in [0, 0.05) is 10.4 Å². The second kappa shape index (κ2) is 9.44. The number of hydrogen-bond donors (Lipinski definition) is 1. The Labute approximate surface area is 213 Å². The summed E-state index contributed by atoms with van der Waals surface area (Å²) in [5.74, 6) is 1.62. The summed E-state index contributed by atoms with van der Waals surface area (Å²) >= 11 is 8.02. The molecule has 4 rings (SSSR count). The number of hydrogen-bond acceptors (Lipinski definition) is 3. The number of nitrogens with one attached hydrogen (secondary N) is 1. The van der Waals surface area contributed by atoms with Crippen LogP contribution in [-0.4, -0.2) is 12.1 Å². The van der Waals surface area contributed by atoms with Crippen molar-refractivity contribution in [3.8, 4) is 5.75 Å². The fourth-order valence-electron chi connectivity index (χ4n) is 4.62. The van der Waals surface area contributed by atoms with Gasteiger partial charge in [-0.25, -0.2) is 5.43 Å². The second-order valence-electron chi connectivity index (χ2n) is 8.30. The van der Waals surface area contributed by atoms with E-state index in [9.17, 15) is 4.79 Å². The molecule has 2 fully saturated rings. The van der Waals surface area contributed by atoms with E-state index in [2.05, 4.69) is 78.6 Å². The third-order valence-electron chi connectivity index (χ3n) is 6.32. The third-order valence-corrected chi connectivity index (χ3v) is 8.45. The van der Waals surface area contributed by atoms with Crippen LogP contribution < -0.4 is 10.2 Å². The summed E-state index contributed by atoms with van der Waals surface area (Å²) in [6, 6.07) is 12.2. The molecule has 2 aliphatic rings. The number of amides is 1. The standard InChI is InChI=1S/C23H23BrI2N2O2/c1-23-9-3-2-4-17(23)20(23)22(29)28-27-12-15-10-18(25)21(19(26)11-15)30-13-14-5-7-16(24)8-6-14/h5-8,10-12,17,20H,2-4,9,13H2,1H3,(H,28,29)/b27-12-/t17-,20+,23-/m0/s1. The van der Waals surface area contributed by atoms with Crippen LogP contribution in [0.2, 0.25) is 0 Å². The molecular formula is C23H23BrI2N2O2. The van der Waals surface area contributed by atoms with E-state index in [1.54, 1.807) is 6.21 Å². The second-order valence-corrected chi connectivity index (χ2v) is 11.5. The van der Waals surface area contributed by atoms with Crippen LogP contribution in [0.1, 0.15) is 43.7 Å². The molecule has 1 N–H and O–H groups in total. The average molecular weight is 693 g/mol. The number of ether oxygens (including phenoxy) is 1. The molecule has 0 aromatic heterocycles. The number of rotatable bonds is 6. The summed E-state index contributed by atoms with van der Waals surface area (Å²) in [4.78, 5) is 12.5. The van der Waals surface area contributed by atoms with Crippen molar-refractivity contribution in [3.63, 3.8) is 0 Å². The molecule has 7 heteroatoms. The topological polar surface area (TPSA) is 50.7 Å². The molecule has 0 bridgehead atoms. The molecule has 30 heavy (non-hydrogen) atoms. The molecule has 4 nitrogen and oxygen atoms in total. The Balaban J connectivity index is 1.36. The SMILES string of the molecule is C[C@]12CCCC[C@H]1[C@@H]2C(=O)N/N=C\c1cc(I)c(OCc2ccc(Br)cc2)c(I)c1. The highest BCUT2D eigenvalue weighted by Gasteiger charge is 2.64. The normalized spacial score (nSPS) is 25.1. The van der Waals surface area contributed by atoms with Gasteiger partial charge in [-0.3, -0.25) is 4.79 Å². The summed E-state index contributed by atoms with van der Waals surface area (Å²) in [6.45, 7) is 2.77. The van der Waals surface area contributed by atoms with E-state index >= 15 is 0 Å². The molecule has 0 aliphatic heterocycles. The van der Waals surface area contributed by atoms with Crippen molar-refractivity contribution in [1.82, 2.24) is 5.43 Å². The van der Waals surface area contributed by atoms with Crippen molar-refractivity contribution in [2.75, 3.05) is 0 Å². The molecular weight excluding hydrogens is 670 g/mol. The molecule has 1 amide bonds. The first-order valence-electron chi connectivity index (χ1n) is 10.1. The Kier molecular flexibility index (Phi) is 7.08. The molecule has 158 valence electrons. The molecule has 3 atom stereocenters. The summed E-state index contributed by atoms with van der Waals surface area (Å²) in [5, 5.41) is 4.23.